The molecule has 2 aromatic heterocycles. The van der Waals surface area contributed by atoms with E-state index in [1.54, 1.807) is 21.5 Å². The highest BCUT2D eigenvalue weighted by molar-refractivity contribution is 7.82. The molecule has 0 amide bonds. The van der Waals surface area contributed by atoms with Crippen molar-refractivity contribution >= 4 is 62.4 Å². The number of hydrogen-bond donors (Lipinski definition) is 0. The summed E-state index contributed by atoms with van der Waals surface area (Å²) in [4.78, 5) is 5.08. The van der Waals surface area contributed by atoms with Crippen molar-refractivity contribution in [3.63, 3.8) is 0 Å². The smallest absolute Gasteiger partial charge is 0.193 e. The van der Waals surface area contributed by atoms with Crippen molar-refractivity contribution in [3.05, 3.63) is 77.8 Å². The summed E-state index contributed by atoms with van der Waals surface area (Å²) in [6, 6.07) is 22.4. The molecule has 0 N–H and O–H groups in total. The number of nitrogens with zero attached hydrogens (tertiary/aromatic N) is 7. The topological polar surface area (TPSA) is 73.8 Å². The van der Waals surface area contributed by atoms with E-state index in [1.807, 2.05) is 60.7 Å². The van der Waals surface area contributed by atoms with Crippen LogP contribution in [-0.2, 0) is 0 Å². The number of thiocarbonyl (C=S) groups is 1. The number of para-hydroxylation sites is 2. The van der Waals surface area contributed by atoms with Gasteiger partial charge in [-0.2, -0.15) is 9.36 Å². The number of hydrogen-bond acceptors (Lipinski definition) is 6. The van der Waals surface area contributed by atoms with Crippen LogP contribution in [0.15, 0.2) is 77.8 Å². The third kappa shape index (κ3) is 3.18. The molecule has 0 radical (unpaired) electrons. The van der Waals surface area contributed by atoms with Crippen LogP contribution in [0.3, 0.4) is 0 Å². The Bertz CT molecular complexity index is 1400. The van der Waals surface area contributed by atoms with Gasteiger partial charge in [0.1, 0.15) is 11.0 Å². The molecule has 0 bridgehead atoms. The second-order valence-corrected chi connectivity index (χ2v) is 7.02. The molecule has 5 rings (SSSR count). The first-order chi connectivity index (χ1) is 14.2. The quantitative estimate of drug-likeness (QED) is 0.231. The lowest BCUT2D eigenvalue weighted by Crippen LogP contribution is -2.29. The minimum atomic E-state index is 0.342. The van der Waals surface area contributed by atoms with Crippen LogP contribution >= 0.6 is 23.8 Å². The summed E-state index contributed by atoms with van der Waals surface area (Å²) in [5.41, 5.74) is 3.66. The number of aromatic nitrogens is 6. The fourth-order valence-electron chi connectivity index (χ4n) is 2.99. The van der Waals surface area contributed by atoms with Crippen LogP contribution in [0.1, 0.15) is 0 Å². The Hall–Kier alpha value is -3.49. The molecule has 7 nitrogen and oxygen atoms in total. The Morgan fingerprint density at radius 3 is 2.10 bits per heavy atom. The van der Waals surface area contributed by atoms with Crippen molar-refractivity contribution in [2.45, 2.75) is 0 Å². The zero-order valence-electron chi connectivity index (χ0n) is 14.8. The summed E-state index contributed by atoms with van der Waals surface area (Å²) in [5.74, 6) is 0.395. The van der Waals surface area contributed by atoms with Crippen LogP contribution in [0, 0.1) is 0 Å². The zero-order chi connectivity index (χ0) is 19.8. The van der Waals surface area contributed by atoms with E-state index in [4.69, 9.17) is 28.8 Å². The standard InChI is InChI=1S/C20H12ClN7S/c21-13-6-5-7-14(12-13)22-19(27-17-10-3-1-8-15(17)23-25-27)20(29)28-18-11-4-2-9-16(18)24-26-28/h1-12H. The Kier molecular flexibility index (Phi) is 4.34. The molecule has 0 aliphatic rings. The van der Waals surface area contributed by atoms with E-state index in [2.05, 4.69) is 20.6 Å². The number of rotatable bonds is 1. The van der Waals surface area contributed by atoms with E-state index in [0.29, 0.717) is 21.5 Å². The van der Waals surface area contributed by atoms with Gasteiger partial charge < -0.3 is 0 Å². The molecule has 3 aromatic carbocycles. The molecular formula is C20H12ClN7S. The lowest BCUT2D eigenvalue weighted by atomic mass is 10.3. The van der Waals surface area contributed by atoms with Gasteiger partial charge in [0.15, 0.2) is 10.8 Å². The van der Waals surface area contributed by atoms with Gasteiger partial charge in [0.25, 0.3) is 0 Å². The fourth-order valence-corrected chi connectivity index (χ4v) is 3.44. The summed E-state index contributed by atoms with van der Waals surface area (Å²) >= 11 is 11.9. The van der Waals surface area contributed by atoms with Gasteiger partial charge in [-0.3, -0.25) is 0 Å². The minimum absolute atomic E-state index is 0.342. The molecule has 0 fully saturated rings. The molecule has 0 saturated carbocycles. The van der Waals surface area contributed by atoms with Crippen LogP contribution in [0.2, 0.25) is 5.02 Å². The van der Waals surface area contributed by atoms with Crippen molar-refractivity contribution in [1.82, 2.24) is 30.0 Å². The van der Waals surface area contributed by atoms with Crippen LogP contribution in [-0.4, -0.2) is 40.8 Å². The first kappa shape index (κ1) is 17.6. The Balaban J connectivity index is 1.73. The molecule has 0 unspecified atom stereocenters. The first-order valence-electron chi connectivity index (χ1n) is 8.71. The van der Waals surface area contributed by atoms with Crippen molar-refractivity contribution < 1.29 is 0 Å². The summed E-state index contributed by atoms with van der Waals surface area (Å²) in [5, 5.41) is 17.5. The number of halogens is 1. The van der Waals surface area contributed by atoms with E-state index in [-0.39, 0.29) is 0 Å². The summed E-state index contributed by atoms with van der Waals surface area (Å²) in [6.07, 6.45) is 0. The maximum Gasteiger partial charge on any atom is 0.193 e. The van der Waals surface area contributed by atoms with Crippen LogP contribution in [0.5, 0.6) is 0 Å². The molecular weight excluding hydrogens is 406 g/mol. The summed E-state index contributed by atoms with van der Waals surface area (Å²) in [6.45, 7) is 0. The van der Waals surface area contributed by atoms with Crippen LogP contribution < -0.4 is 0 Å². The van der Waals surface area contributed by atoms with Crippen molar-refractivity contribution in [2.24, 2.45) is 4.99 Å². The van der Waals surface area contributed by atoms with Crippen LogP contribution in [0.25, 0.3) is 22.1 Å². The van der Waals surface area contributed by atoms with Gasteiger partial charge in [-0.15, -0.1) is 10.2 Å². The fraction of sp³-hybridized carbons (Fsp3) is 0. The lowest BCUT2D eigenvalue weighted by Gasteiger charge is -2.09. The molecule has 5 aromatic rings. The number of fused-ring (bicyclic) bond motifs is 2. The molecule has 0 aliphatic carbocycles. The average Bonchev–Trinajstić information content (AvgIpc) is 3.36. The van der Waals surface area contributed by atoms with Crippen molar-refractivity contribution in [3.8, 4) is 0 Å². The molecule has 2 heterocycles. The second kappa shape index (κ2) is 7.16. The highest BCUT2D eigenvalue weighted by atomic mass is 35.5. The third-order valence-corrected chi connectivity index (χ3v) is 4.92. The van der Waals surface area contributed by atoms with E-state index < -0.39 is 0 Å². The molecule has 9 heteroatoms. The largest absolute Gasteiger partial charge is 0.226 e. The Morgan fingerprint density at radius 1 is 0.793 bits per heavy atom. The van der Waals surface area contributed by atoms with Crippen LogP contribution in [0.4, 0.5) is 5.69 Å². The highest BCUT2D eigenvalue weighted by Gasteiger charge is 2.19. The number of benzene rings is 3. The normalized spacial score (nSPS) is 12.0. The van der Waals surface area contributed by atoms with Gasteiger partial charge in [-0.25, -0.2) is 4.99 Å². The minimum Gasteiger partial charge on any atom is -0.226 e. The molecule has 0 saturated heterocycles. The van der Waals surface area contributed by atoms with Gasteiger partial charge in [-0.1, -0.05) is 64.6 Å². The van der Waals surface area contributed by atoms with E-state index in [9.17, 15) is 0 Å². The molecule has 140 valence electrons. The predicted octanol–water partition coefficient (Wildman–Crippen LogP) is 4.28. The first-order valence-corrected chi connectivity index (χ1v) is 9.49. The molecule has 0 spiro atoms. The van der Waals surface area contributed by atoms with Gasteiger partial charge in [0.05, 0.1) is 16.7 Å². The zero-order valence-corrected chi connectivity index (χ0v) is 16.4. The summed E-state index contributed by atoms with van der Waals surface area (Å²) in [7, 11) is 0. The maximum absolute atomic E-state index is 6.14. The monoisotopic (exact) mass is 417 g/mol. The predicted molar refractivity (Wildman–Crippen MR) is 117 cm³/mol. The van der Waals surface area contributed by atoms with E-state index in [1.165, 1.54) is 0 Å². The SMILES string of the molecule is S=C(C(=Nc1cccc(Cl)c1)n1nnc2ccccc21)n1nnc2ccccc21. The van der Waals surface area contributed by atoms with Gasteiger partial charge in [-0.05, 0) is 42.5 Å². The maximum atomic E-state index is 6.14. The lowest BCUT2D eigenvalue weighted by molar-refractivity contribution is 0.848. The Morgan fingerprint density at radius 2 is 1.41 bits per heavy atom. The van der Waals surface area contributed by atoms with Crippen molar-refractivity contribution in [1.29, 1.82) is 0 Å². The Labute approximate surface area is 175 Å². The molecule has 0 aliphatic heterocycles. The third-order valence-electron chi connectivity index (χ3n) is 4.33. The second-order valence-electron chi connectivity index (χ2n) is 6.20. The average molecular weight is 418 g/mol. The van der Waals surface area contributed by atoms with E-state index in [0.717, 1.165) is 22.1 Å². The van der Waals surface area contributed by atoms with Crippen molar-refractivity contribution in [2.75, 3.05) is 0 Å². The number of aliphatic imine (C=N–C) groups is 1. The summed E-state index contributed by atoms with van der Waals surface area (Å²) < 4.78 is 3.18. The highest BCUT2D eigenvalue weighted by Crippen LogP contribution is 2.20. The van der Waals surface area contributed by atoms with Gasteiger partial charge >= 0.3 is 0 Å². The van der Waals surface area contributed by atoms with E-state index >= 15 is 0 Å². The van der Waals surface area contributed by atoms with Gasteiger partial charge in [0, 0.05) is 5.02 Å². The molecule has 29 heavy (non-hydrogen) atoms. The van der Waals surface area contributed by atoms with Gasteiger partial charge in [0.2, 0.25) is 0 Å². The molecule has 0 atom stereocenters.